The molecule has 2 N–H and O–H groups in total. The van der Waals surface area contributed by atoms with Crippen molar-refractivity contribution in [3.63, 3.8) is 0 Å². The highest BCUT2D eigenvalue weighted by atomic mass is 19.4. The third-order valence-electron chi connectivity index (χ3n) is 2.90. The fourth-order valence-corrected chi connectivity index (χ4v) is 2.04. The first-order valence-electron chi connectivity index (χ1n) is 5.75. The van der Waals surface area contributed by atoms with Crippen molar-refractivity contribution in [1.82, 2.24) is 4.90 Å². The molecule has 1 fully saturated rings. The number of carbonyl (C=O) groups is 1. The van der Waals surface area contributed by atoms with E-state index in [1.807, 2.05) is 0 Å². The topological polar surface area (TPSA) is 55.6 Å². The molecule has 1 aliphatic rings. The number of amides is 1. The summed E-state index contributed by atoms with van der Waals surface area (Å²) >= 11 is 0. The van der Waals surface area contributed by atoms with Crippen LogP contribution in [0.3, 0.4) is 0 Å². The van der Waals surface area contributed by atoms with Gasteiger partial charge >= 0.3 is 12.3 Å². The van der Waals surface area contributed by atoms with E-state index in [4.69, 9.17) is 10.5 Å². The van der Waals surface area contributed by atoms with Crippen molar-refractivity contribution in [2.24, 2.45) is 5.73 Å². The van der Waals surface area contributed by atoms with Crippen LogP contribution in [0, 0.1) is 0 Å². The van der Waals surface area contributed by atoms with Crippen LogP contribution in [0.4, 0.5) is 18.0 Å². The molecule has 104 valence electrons. The van der Waals surface area contributed by atoms with Crippen LogP contribution in [0.25, 0.3) is 0 Å². The van der Waals surface area contributed by atoms with Gasteiger partial charge in [-0.2, -0.15) is 13.2 Å². The standard InChI is InChI=1S/C12H13F3N2O2/c13-12(14,15)9-4-2-1-3-8(9)10-7-17(6-5-16)11(18)19-10/h1-4,10H,5-7,16H2. The molecule has 0 aliphatic carbocycles. The lowest BCUT2D eigenvalue weighted by Crippen LogP contribution is -2.30. The SMILES string of the molecule is NCCN1CC(c2ccccc2C(F)(F)F)OC1=O. The van der Waals surface area contributed by atoms with Gasteiger partial charge in [-0.15, -0.1) is 0 Å². The monoisotopic (exact) mass is 274 g/mol. The summed E-state index contributed by atoms with van der Waals surface area (Å²) in [6, 6.07) is 5.10. The van der Waals surface area contributed by atoms with E-state index in [1.165, 1.54) is 23.1 Å². The first kappa shape index (κ1) is 13.7. The number of halogens is 3. The summed E-state index contributed by atoms with van der Waals surface area (Å²) in [5, 5.41) is 0. The van der Waals surface area contributed by atoms with Crippen LogP contribution in [0.5, 0.6) is 0 Å². The predicted molar refractivity (Wildman–Crippen MR) is 61.3 cm³/mol. The number of hydrogen-bond acceptors (Lipinski definition) is 3. The molecule has 19 heavy (non-hydrogen) atoms. The molecule has 1 heterocycles. The minimum absolute atomic E-state index is 0.0251. The lowest BCUT2D eigenvalue weighted by Gasteiger charge is -2.16. The molecule has 4 nitrogen and oxygen atoms in total. The highest BCUT2D eigenvalue weighted by molar-refractivity contribution is 5.70. The van der Waals surface area contributed by atoms with Gasteiger partial charge in [0, 0.05) is 18.7 Å². The van der Waals surface area contributed by atoms with Gasteiger partial charge in [-0.05, 0) is 6.07 Å². The average molecular weight is 274 g/mol. The maximum atomic E-state index is 12.9. The maximum absolute atomic E-state index is 12.9. The number of ether oxygens (including phenoxy) is 1. The highest BCUT2D eigenvalue weighted by Gasteiger charge is 2.39. The highest BCUT2D eigenvalue weighted by Crippen LogP contribution is 2.37. The molecule has 1 atom stereocenters. The van der Waals surface area contributed by atoms with Gasteiger partial charge in [-0.25, -0.2) is 4.79 Å². The van der Waals surface area contributed by atoms with Crippen molar-refractivity contribution in [3.05, 3.63) is 35.4 Å². The fraction of sp³-hybridized carbons (Fsp3) is 0.417. The van der Waals surface area contributed by atoms with Gasteiger partial charge in [0.2, 0.25) is 0 Å². The summed E-state index contributed by atoms with van der Waals surface area (Å²) < 4.78 is 43.6. The summed E-state index contributed by atoms with van der Waals surface area (Å²) in [5.74, 6) is 0. The van der Waals surface area contributed by atoms with Crippen LogP contribution in [0.15, 0.2) is 24.3 Å². The Morgan fingerprint density at radius 2 is 2.05 bits per heavy atom. The normalized spacial score (nSPS) is 19.7. The molecule has 1 aromatic rings. The molecular formula is C12H13F3N2O2. The van der Waals surface area contributed by atoms with Crippen molar-refractivity contribution in [2.75, 3.05) is 19.6 Å². The number of carbonyl (C=O) groups excluding carboxylic acids is 1. The Hall–Kier alpha value is -1.76. The van der Waals surface area contributed by atoms with Gasteiger partial charge in [0.05, 0.1) is 12.1 Å². The Balaban J connectivity index is 2.27. The third-order valence-corrected chi connectivity index (χ3v) is 2.90. The minimum atomic E-state index is -4.47. The zero-order valence-electron chi connectivity index (χ0n) is 9.98. The van der Waals surface area contributed by atoms with Gasteiger partial charge < -0.3 is 15.4 Å². The van der Waals surface area contributed by atoms with Crippen LogP contribution in [0.1, 0.15) is 17.2 Å². The van der Waals surface area contributed by atoms with E-state index < -0.39 is 23.9 Å². The third kappa shape index (κ3) is 2.81. The predicted octanol–water partition coefficient (Wildman–Crippen LogP) is 2.16. The van der Waals surface area contributed by atoms with Crippen LogP contribution >= 0.6 is 0 Å². The number of cyclic esters (lactones) is 1. The minimum Gasteiger partial charge on any atom is -0.439 e. The fourth-order valence-electron chi connectivity index (χ4n) is 2.04. The number of hydrogen-bond donors (Lipinski definition) is 1. The zero-order chi connectivity index (χ0) is 14.0. The number of nitrogens with two attached hydrogens (primary N) is 1. The van der Waals surface area contributed by atoms with Gasteiger partial charge in [-0.3, -0.25) is 0 Å². The van der Waals surface area contributed by atoms with Gasteiger partial charge in [0.1, 0.15) is 6.10 Å². The van der Waals surface area contributed by atoms with E-state index in [2.05, 4.69) is 0 Å². The molecule has 1 aromatic carbocycles. The van der Waals surface area contributed by atoms with Crippen molar-refractivity contribution < 1.29 is 22.7 Å². The Morgan fingerprint density at radius 3 is 2.68 bits per heavy atom. The molecule has 0 spiro atoms. The molecule has 0 radical (unpaired) electrons. The second kappa shape index (κ2) is 5.08. The van der Waals surface area contributed by atoms with Crippen molar-refractivity contribution >= 4 is 6.09 Å². The Morgan fingerprint density at radius 1 is 1.37 bits per heavy atom. The van der Waals surface area contributed by atoms with Crippen molar-refractivity contribution in [2.45, 2.75) is 12.3 Å². The average Bonchev–Trinajstić information content (AvgIpc) is 2.70. The Bertz CT molecular complexity index is 476. The largest absolute Gasteiger partial charge is 0.439 e. The lowest BCUT2D eigenvalue weighted by molar-refractivity contribution is -0.139. The molecule has 1 aliphatic heterocycles. The molecule has 0 aromatic heterocycles. The first-order valence-corrected chi connectivity index (χ1v) is 5.75. The first-order chi connectivity index (χ1) is 8.93. The van der Waals surface area contributed by atoms with Crippen molar-refractivity contribution in [3.8, 4) is 0 Å². The van der Waals surface area contributed by atoms with Crippen LogP contribution in [-0.4, -0.2) is 30.6 Å². The summed E-state index contributed by atoms with van der Waals surface area (Å²) in [4.78, 5) is 12.8. The second-order valence-corrected chi connectivity index (χ2v) is 4.19. The zero-order valence-corrected chi connectivity index (χ0v) is 9.98. The van der Waals surface area contributed by atoms with Gasteiger partial charge in [-0.1, -0.05) is 18.2 Å². The molecular weight excluding hydrogens is 261 g/mol. The molecule has 2 rings (SSSR count). The molecule has 7 heteroatoms. The summed E-state index contributed by atoms with van der Waals surface area (Å²) in [6.07, 6.45) is -6.01. The molecule has 1 saturated heterocycles. The maximum Gasteiger partial charge on any atom is 0.416 e. The molecule has 0 bridgehead atoms. The van der Waals surface area contributed by atoms with Crippen LogP contribution in [0.2, 0.25) is 0 Å². The number of nitrogens with zero attached hydrogens (tertiary/aromatic N) is 1. The molecule has 1 unspecified atom stereocenters. The number of rotatable bonds is 3. The smallest absolute Gasteiger partial charge is 0.416 e. The van der Waals surface area contributed by atoms with E-state index in [0.717, 1.165) is 6.07 Å². The van der Waals surface area contributed by atoms with Crippen LogP contribution < -0.4 is 5.73 Å². The second-order valence-electron chi connectivity index (χ2n) is 4.19. The lowest BCUT2D eigenvalue weighted by atomic mass is 10.0. The molecule has 1 amide bonds. The van der Waals surface area contributed by atoms with E-state index in [0.29, 0.717) is 0 Å². The van der Waals surface area contributed by atoms with Gasteiger partial charge in [0.15, 0.2) is 0 Å². The quantitative estimate of drug-likeness (QED) is 0.919. The summed E-state index contributed by atoms with van der Waals surface area (Å²) in [6.45, 7) is 0.593. The molecule has 0 saturated carbocycles. The number of alkyl halides is 3. The van der Waals surface area contributed by atoms with E-state index in [9.17, 15) is 18.0 Å². The van der Waals surface area contributed by atoms with Crippen LogP contribution in [-0.2, 0) is 10.9 Å². The summed E-state index contributed by atoms with van der Waals surface area (Å²) in [7, 11) is 0. The van der Waals surface area contributed by atoms with Crippen molar-refractivity contribution in [1.29, 1.82) is 0 Å². The van der Waals surface area contributed by atoms with E-state index in [-0.39, 0.29) is 25.2 Å². The number of benzene rings is 1. The summed E-state index contributed by atoms with van der Waals surface area (Å²) in [5.41, 5.74) is 4.52. The van der Waals surface area contributed by atoms with E-state index >= 15 is 0 Å². The Labute approximate surface area is 107 Å². The Kier molecular flexibility index (Phi) is 3.66. The van der Waals surface area contributed by atoms with E-state index in [1.54, 1.807) is 0 Å². The van der Waals surface area contributed by atoms with Gasteiger partial charge in [0.25, 0.3) is 0 Å².